The van der Waals surface area contributed by atoms with Gasteiger partial charge in [-0.2, -0.15) is 0 Å². The number of piperidine rings is 2. The molecule has 2 unspecified atom stereocenters. The summed E-state index contributed by atoms with van der Waals surface area (Å²) >= 11 is 1.85. The van der Waals surface area contributed by atoms with E-state index in [0.717, 1.165) is 24.0 Å². The number of benzene rings is 1. The first-order valence-electron chi connectivity index (χ1n) is 7.69. The Morgan fingerprint density at radius 3 is 3.20 bits per heavy atom. The first-order valence-corrected chi connectivity index (χ1v) is 8.50. The van der Waals surface area contributed by atoms with Gasteiger partial charge in [-0.05, 0) is 43.9 Å². The van der Waals surface area contributed by atoms with E-state index in [1.807, 2.05) is 11.3 Å². The summed E-state index contributed by atoms with van der Waals surface area (Å²) in [6, 6.07) is 9.24. The third-order valence-electron chi connectivity index (χ3n) is 4.67. The molecule has 4 heteroatoms. The van der Waals surface area contributed by atoms with Gasteiger partial charge in [0.05, 0.1) is 16.8 Å². The van der Waals surface area contributed by atoms with E-state index in [2.05, 4.69) is 34.5 Å². The van der Waals surface area contributed by atoms with E-state index in [4.69, 9.17) is 4.98 Å². The van der Waals surface area contributed by atoms with E-state index < -0.39 is 0 Å². The Bertz CT molecular complexity index is 561. The molecule has 1 aromatic heterocycles. The maximum absolute atomic E-state index is 4.77. The summed E-state index contributed by atoms with van der Waals surface area (Å²) in [5.41, 5.74) is 1.15. The Hall–Kier alpha value is -0.970. The van der Waals surface area contributed by atoms with Crippen LogP contribution >= 0.6 is 11.3 Å². The van der Waals surface area contributed by atoms with Crippen molar-refractivity contribution in [1.82, 2.24) is 15.2 Å². The molecule has 3 nitrogen and oxygen atoms in total. The second kappa shape index (κ2) is 5.43. The normalized spacial score (nSPS) is 27.6. The fraction of sp³-hybridized carbons (Fsp3) is 0.562. The molecule has 0 radical (unpaired) electrons. The summed E-state index contributed by atoms with van der Waals surface area (Å²) in [5, 5.41) is 4.96. The van der Waals surface area contributed by atoms with Crippen molar-refractivity contribution >= 4 is 21.6 Å². The first-order chi connectivity index (χ1) is 9.88. The molecule has 2 aliphatic heterocycles. The molecule has 4 rings (SSSR count). The number of hydrogen-bond donors (Lipinski definition) is 1. The van der Waals surface area contributed by atoms with Crippen molar-refractivity contribution < 1.29 is 0 Å². The molecule has 2 fully saturated rings. The van der Waals surface area contributed by atoms with E-state index >= 15 is 0 Å². The summed E-state index contributed by atoms with van der Waals surface area (Å²) in [5.74, 6) is 0.854. The van der Waals surface area contributed by atoms with Gasteiger partial charge in [-0.15, -0.1) is 11.3 Å². The van der Waals surface area contributed by atoms with Crippen LogP contribution in [0.3, 0.4) is 0 Å². The molecule has 0 aliphatic carbocycles. The summed E-state index contributed by atoms with van der Waals surface area (Å²) in [7, 11) is 0. The zero-order valence-corrected chi connectivity index (χ0v) is 12.5. The summed E-state index contributed by atoms with van der Waals surface area (Å²) < 4.78 is 1.32. The molecular formula is C16H21N3S. The van der Waals surface area contributed by atoms with Gasteiger partial charge in [-0.3, -0.25) is 4.90 Å². The average molecular weight is 287 g/mol. The van der Waals surface area contributed by atoms with Crippen LogP contribution in [0.4, 0.5) is 0 Å². The van der Waals surface area contributed by atoms with Gasteiger partial charge in [0.25, 0.3) is 0 Å². The maximum Gasteiger partial charge on any atom is 0.108 e. The number of hydrogen-bond acceptors (Lipinski definition) is 4. The van der Waals surface area contributed by atoms with Crippen molar-refractivity contribution in [3.8, 4) is 0 Å². The SMILES string of the molecule is c1ccc2sc(CN3CCC4NCCCC4C3)nc2c1. The molecule has 0 saturated carbocycles. The van der Waals surface area contributed by atoms with Gasteiger partial charge < -0.3 is 5.32 Å². The molecule has 106 valence electrons. The van der Waals surface area contributed by atoms with Crippen LogP contribution in [0.2, 0.25) is 0 Å². The minimum Gasteiger partial charge on any atom is -0.314 e. The van der Waals surface area contributed by atoms with Crippen LogP contribution in [0.5, 0.6) is 0 Å². The molecule has 1 aromatic carbocycles. The molecule has 0 bridgehead atoms. The Kier molecular flexibility index (Phi) is 3.46. The highest BCUT2D eigenvalue weighted by molar-refractivity contribution is 7.18. The maximum atomic E-state index is 4.77. The standard InChI is InChI=1S/C16H21N3S/c1-2-6-15-14(5-1)18-16(20-15)11-19-9-7-13-12(10-19)4-3-8-17-13/h1-2,5-6,12-13,17H,3-4,7-11H2. The number of rotatable bonds is 2. The highest BCUT2D eigenvalue weighted by atomic mass is 32.1. The van der Waals surface area contributed by atoms with E-state index in [9.17, 15) is 0 Å². The quantitative estimate of drug-likeness (QED) is 0.920. The minimum atomic E-state index is 0.773. The fourth-order valence-corrected chi connectivity index (χ4v) is 4.65. The van der Waals surface area contributed by atoms with Gasteiger partial charge in [-0.1, -0.05) is 12.1 Å². The number of thiazole rings is 1. The predicted octanol–water partition coefficient (Wildman–Crippen LogP) is 2.87. The Morgan fingerprint density at radius 1 is 1.30 bits per heavy atom. The Labute approximate surface area is 124 Å². The van der Waals surface area contributed by atoms with Gasteiger partial charge in [0, 0.05) is 19.1 Å². The van der Waals surface area contributed by atoms with Crippen molar-refractivity contribution in [3.63, 3.8) is 0 Å². The molecule has 2 aliphatic rings. The highest BCUT2D eigenvalue weighted by Crippen LogP contribution is 2.28. The van der Waals surface area contributed by atoms with Crippen LogP contribution < -0.4 is 5.32 Å². The summed E-state index contributed by atoms with van der Waals surface area (Å²) in [6.45, 7) is 4.71. The van der Waals surface area contributed by atoms with E-state index in [1.165, 1.54) is 48.6 Å². The molecule has 0 spiro atoms. The number of nitrogens with zero attached hydrogens (tertiary/aromatic N) is 2. The van der Waals surface area contributed by atoms with E-state index in [-0.39, 0.29) is 0 Å². The van der Waals surface area contributed by atoms with Gasteiger partial charge in [0.1, 0.15) is 5.01 Å². The Balaban J connectivity index is 1.46. The summed E-state index contributed by atoms with van der Waals surface area (Å²) in [6.07, 6.45) is 4.04. The van der Waals surface area contributed by atoms with Crippen LogP contribution in [0.1, 0.15) is 24.3 Å². The average Bonchev–Trinajstić information content (AvgIpc) is 2.89. The van der Waals surface area contributed by atoms with Crippen molar-refractivity contribution in [2.24, 2.45) is 5.92 Å². The number of likely N-dealkylation sites (tertiary alicyclic amines) is 1. The number of fused-ring (bicyclic) bond motifs is 2. The van der Waals surface area contributed by atoms with Crippen molar-refractivity contribution in [3.05, 3.63) is 29.3 Å². The lowest BCUT2D eigenvalue weighted by Crippen LogP contribution is -2.51. The smallest absolute Gasteiger partial charge is 0.108 e. The number of aromatic nitrogens is 1. The lowest BCUT2D eigenvalue weighted by molar-refractivity contribution is 0.109. The second-order valence-electron chi connectivity index (χ2n) is 6.06. The second-order valence-corrected chi connectivity index (χ2v) is 7.18. The lowest BCUT2D eigenvalue weighted by atomic mass is 9.85. The fourth-order valence-electron chi connectivity index (χ4n) is 3.64. The molecule has 0 amide bonds. The van der Waals surface area contributed by atoms with Gasteiger partial charge in [0.2, 0.25) is 0 Å². The van der Waals surface area contributed by atoms with Gasteiger partial charge in [-0.25, -0.2) is 4.98 Å². The molecular weight excluding hydrogens is 266 g/mol. The first kappa shape index (κ1) is 12.7. The third kappa shape index (κ3) is 2.48. The Morgan fingerprint density at radius 2 is 2.25 bits per heavy atom. The topological polar surface area (TPSA) is 28.2 Å². The minimum absolute atomic E-state index is 0.773. The molecule has 2 aromatic rings. The van der Waals surface area contributed by atoms with Crippen LogP contribution in [0, 0.1) is 5.92 Å². The number of nitrogens with one attached hydrogen (secondary N) is 1. The predicted molar refractivity (Wildman–Crippen MR) is 84.0 cm³/mol. The van der Waals surface area contributed by atoms with Gasteiger partial charge in [0.15, 0.2) is 0 Å². The zero-order chi connectivity index (χ0) is 13.4. The van der Waals surface area contributed by atoms with Crippen LogP contribution in [-0.4, -0.2) is 35.6 Å². The highest BCUT2D eigenvalue weighted by Gasteiger charge is 2.31. The van der Waals surface area contributed by atoms with Gasteiger partial charge >= 0.3 is 0 Å². The molecule has 3 heterocycles. The van der Waals surface area contributed by atoms with Crippen LogP contribution in [0.25, 0.3) is 10.2 Å². The largest absolute Gasteiger partial charge is 0.314 e. The molecule has 20 heavy (non-hydrogen) atoms. The molecule has 1 N–H and O–H groups in total. The van der Waals surface area contributed by atoms with Crippen LogP contribution in [-0.2, 0) is 6.54 Å². The van der Waals surface area contributed by atoms with E-state index in [0.29, 0.717) is 0 Å². The molecule has 2 saturated heterocycles. The van der Waals surface area contributed by atoms with Crippen LogP contribution in [0.15, 0.2) is 24.3 Å². The monoisotopic (exact) mass is 287 g/mol. The number of para-hydroxylation sites is 1. The van der Waals surface area contributed by atoms with Crippen molar-refractivity contribution in [1.29, 1.82) is 0 Å². The lowest BCUT2D eigenvalue weighted by Gasteiger charge is -2.41. The third-order valence-corrected chi connectivity index (χ3v) is 5.69. The van der Waals surface area contributed by atoms with E-state index in [1.54, 1.807) is 0 Å². The van der Waals surface area contributed by atoms with Crippen molar-refractivity contribution in [2.45, 2.75) is 31.8 Å². The molecule has 2 atom stereocenters. The van der Waals surface area contributed by atoms with Crippen molar-refractivity contribution in [2.75, 3.05) is 19.6 Å². The summed E-state index contributed by atoms with van der Waals surface area (Å²) in [4.78, 5) is 7.38. The zero-order valence-electron chi connectivity index (χ0n) is 11.7.